The topological polar surface area (TPSA) is 35.5 Å². The second-order valence-electron chi connectivity index (χ2n) is 3.48. The molecule has 1 atom stereocenters. The maximum atomic E-state index is 13.2. The molecule has 16 heavy (non-hydrogen) atoms. The molecule has 0 amide bonds. The van der Waals surface area contributed by atoms with Gasteiger partial charge >= 0.3 is 0 Å². The molecule has 0 saturated heterocycles. The van der Waals surface area contributed by atoms with Crippen molar-refractivity contribution in [3.63, 3.8) is 0 Å². The van der Waals surface area contributed by atoms with Crippen LogP contribution < -0.4 is 0 Å². The first-order valence-corrected chi connectivity index (χ1v) is 5.03. The average Bonchev–Trinajstić information content (AvgIpc) is 2.27. The highest BCUT2D eigenvalue weighted by molar-refractivity contribution is 5.97. The van der Waals surface area contributed by atoms with Crippen molar-refractivity contribution in [3.8, 4) is 0 Å². The van der Waals surface area contributed by atoms with Gasteiger partial charge in [-0.1, -0.05) is 12.1 Å². The second kappa shape index (κ2) is 6.35. The monoisotopic (exact) mass is 226 g/mol. The third-order valence-corrected chi connectivity index (χ3v) is 2.07. The number of carbonyl (C=O) groups excluding carboxylic acids is 1. The van der Waals surface area contributed by atoms with Gasteiger partial charge in [0.05, 0.1) is 18.3 Å². The molecule has 0 heterocycles. The van der Waals surface area contributed by atoms with Crippen molar-refractivity contribution in [2.75, 3.05) is 20.3 Å². The van der Waals surface area contributed by atoms with Gasteiger partial charge in [-0.25, -0.2) is 4.39 Å². The van der Waals surface area contributed by atoms with E-state index in [0.717, 1.165) is 0 Å². The molecule has 3 nitrogen and oxygen atoms in total. The molecule has 0 bridgehead atoms. The van der Waals surface area contributed by atoms with E-state index >= 15 is 0 Å². The summed E-state index contributed by atoms with van der Waals surface area (Å²) in [7, 11) is 1.55. The Hall–Kier alpha value is -1.26. The third-order valence-electron chi connectivity index (χ3n) is 2.07. The van der Waals surface area contributed by atoms with E-state index in [0.29, 0.717) is 6.61 Å². The van der Waals surface area contributed by atoms with E-state index in [2.05, 4.69) is 0 Å². The summed E-state index contributed by atoms with van der Waals surface area (Å²) < 4.78 is 23.3. The van der Waals surface area contributed by atoms with Crippen LogP contribution in [0.2, 0.25) is 0 Å². The van der Waals surface area contributed by atoms with Gasteiger partial charge in [0, 0.05) is 7.11 Å². The highest BCUT2D eigenvalue weighted by atomic mass is 19.1. The fourth-order valence-electron chi connectivity index (χ4n) is 1.27. The Morgan fingerprint density at radius 1 is 1.44 bits per heavy atom. The number of Topliss-reactive ketones (excluding diaryl/α,β-unsaturated/α-hetero) is 1. The Labute approximate surface area is 94.2 Å². The summed E-state index contributed by atoms with van der Waals surface area (Å²) in [6.07, 6.45) is -0.180. The molecule has 0 fully saturated rings. The van der Waals surface area contributed by atoms with E-state index in [4.69, 9.17) is 9.47 Å². The summed E-state index contributed by atoms with van der Waals surface area (Å²) in [5, 5.41) is 0. The zero-order valence-electron chi connectivity index (χ0n) is 9.40. The number of rotatable bonds is 6. The highest BCUT2D eigenvalue weighted by Gasteiger charge is 2.12. The highest BCUT2D eigenvalue weighted by Crippen LogP contribution is 2.07. The minimum absolute atomic E-state index is 0.0621. The van der Waals surface area contributed by atoms with E-state index in [-0.39, 0.29) is 24.1 Å². The molecule has 1 aromatic carbocycles. The zero-order valence-corrected chi connectivity index (χ0v) is 9.40. The first kappa shape index (κ1) is 12.8. The molecule has 0 aliphatic carbocycles. The van der Waals surface area contributed by atoms with Gasteiger partial charge in [0.2, 0.25) is 0 Å². The molecule has 0 spiro atoms. The van der Waals surface area contributed by atoms with Crippen molar-refractivity contribution < 1.29 is 18.7 Å². The fraction of sp³-hybridized carbons (Fsp3) is 0.417. The lowest BCUT2D eigenvalue weighted by Crippen LogP contribution is -2.20. The van der Waals surface area contributed by atoms with Crippen LogP contribution in [0.5, 0.6) is 0 Å². The first-order chi connectivity index (χ1) is 7.65. The van der Waals surface area contributed by atoms with E-state index in [1.807, 2.05) is 0 Å². The average molecular weight is 226 g/mol. The summed E-state index contributed by atoms with van der Waals surface area (Å²) in [5.41, 5.74) is 0.0621. The maximum Gasteiger partial charge on any atom is 0.191 e. The van der Waals surface area contributed by atoms with Crippen LogP contribution in [-0.2, 0) is 9.47 Å². The number of ketones is 1. The van der Waals surface area contributed by atoms with Crippen LogP contribution in [0.3, 0.4) is 0 Å². The minimum atomic E-state index is -0.518. The Bertz CT molecular complexity index is 352. The lowest BCUT2D eigenvalue weighted by atomic mass is 10.1. The summed E-state index contributed by atoms with van der Waals surface area (Å²) in [6.45, 7) is 2.06. The summed E-state index contributed by atoms with van der Waals surface area (Å²) >= 11 is 0. The number of methoxy groups -OCH3 is 1. The molecule has 0 aliphatic rings. The Balaban J connectivity index is 2.50. The molecule has 88 valence electrons. The van der Waals surface area contributed by atoms with Gasteiger partial charge in [0.15, 0.2) is 5.78 Å². The lowest BCUT2D eigenvalue weighted by Gasteiger charge is -2.11. The molecular weight excluding hydrogens is 211 g/mol. The largest absolute Gasteiger partial charge is 0.382 e. The number of carbonyl (C=O) groups is 1. The molecule has 1 rings (SSSR count). The van der Waals surface area contributed by atoms with E-state index in [1.165, 1.54) is 12.1 Å². The summed E-state index contributed by atoms with van der Waals surface area (Å²) in [6, 6.07) is 5.86. The standard InChI is InChI=1S/C12H15FO3/c1-9(7-15-2)16-8-12(14)10-5-3-4-6-11(10)13/h3-6,9H,7-8H2,1-2H3. The van der Waals surface area contributed by atoms with Crippen molar-refractivity contribution in [2.24, 2.45) is 0 Å². The number of ether oxygens (including phenoxy) is 2. The predicted octanol–water partition coefficient (Wildman–Crippen LogP) is 2.06. The van der Waals surface area contributed by atoms with Crippen LogP contribution in [-0.4, -0.2) is 32.2 Å². The van der Waals surface area contributed by atoms with Gasteiger partial charge in [-0.2, -0.15) is 0 Å². The number of hydrogen-bond donors (Lipinski definition) is 0. The SMILES string of the molecule is COCC(C)OCC(=O)c1ccccc1F. The first-order valence-electron chi connectivity index (χ1n) is 5.03. The van der Waals surface area contributed by atoms with Crippen LogP contribution in [0.1, 0.15) is 17.3 Å². The maximum absolute atomic E-state index is 13.2. The van der Waals surface area contributed by atoms with Gasteiger partial charge in [0.1, 0.15) is 12.4 Å². The van der Waals surface area contributed by atoms with Gasteiger partial charge in [0.25, 0.3) is 0 Å². The van der Waals surface area contributed by atoms with Crippen LogP contribution in [0.15, 0.2) is 24.3 Å². The van der Waals surface area contributed by atoms with Crippen molar-refractivity contribution in [3.05, 3.63) is 35.6 Å². The second-order valence-corrected chi connectivity index (χ2v) is 3.48. The predicted molar refractivity (Wildman–Crippen MR) is 58.0 cm³/mol. The summed E-state index contributed by atoms with van der Waals surface area (Å²) in [4.78, 5) is 11.6. The summed E-state index contributed by atoms with van der Waals surface area (Å²) in [5.74, 6) is -0.878. The molecule has 0 aliphatic heterocycles. The molecule has 0 N–H and O–H groups in total. The van der Waals surface area contributed by atoms with Gasteiger partial charge < -0.3 is 9.47 Å². The molecule has 0 aromatic heterocycles. The van der Waals surface area contributed by atoms with Gasteiger partial charge in [-0.3, -0.25) is 4.79 Å². The van der Waals surface area contributed by atoms with Crippen molar-refractivity contribution in [1.29, 1.82) is 0 Å². The van der Waals surface area contributed by atoms with Gasteiger partial charge in [-0.15, -0.1) is 0 Å². The molecular formula is C12H15FO3. The Kier molecular flexibility index (Phi) is 5.08. The smallest absolute Gasteiger partial charge is 0.191 e. The van der Waals surface area contributed by atoms with Crippen LogP contribution in [0.4, 0.5) is 4.39 Å². The lowest BCUT2D eigenvalue weighted by molar-refractivity contribution is 0.0124. The number of halogens is 1. The molecule has 4 heteroatoms. The third kappa shape index (κ3) is 3.72. The Morgan fingerprint density at radius 3 is 2.75 bits per heavy atom. The van der Waals surface area contributed by atoms with Crippen molar-refractivity contribution in [1.82, 2.24) is 0 Å². The zero-order chi connectivity index (χ0) is 12.0. The molecule has 1 aromatic rings. The van der Waals surface area contributed by atoms with Crippen LogP contribution >= 0.6 is 0 Å². The quantitative estimate of drug-likeness (QED) is 0.696. The molecule has 1 unspecified atom stereocenters. The normalized spacial score (nSPS) is 12.4. The minimum Gasteiger partial charge on any atom is -0.382 e. The Morgan fingerprint density at radius 2 is 2.12 bits per heavy atom. The number of hydrogen-bond acceptors (Lipinski definition) is 3. The van der Waals surface area contributed by atoms with E-state index in [1.54, 1.807) is 26.2 Å². The van der Waals surface area contributed by atoms with Crippen molar-refractivity contribution >= 4 is 5.78 Å². The molecule has 0 radical (unpaired) electrons. The van der Waals surface area contributed by atoms with Crippen LogP contribution in [0.25, 0.3) is 0 Å². The number of benzene rings is 1. The fourth-order valence-corrected chi connectivity index (χ4v) is 1.27. The van der Waals surface area contributed by atoms with Gasteiger partial charge in [-0.05, 0) is 19.1 Å². The van der Waals surface area contributed by atoms with E-state index < -0.39 is 5.82 Å². The van der Waals surface area contributed by atoms with E-state index in [9.17, 15) is 9.18 Å². The van der Waals surface area contributed by atoms with Crippen molar-refractivity contribution in [2.45, 2.75) is 13.0 Å². The van der Waals surface area contributed by atoms with Crippen LogP contribution in [0, 0.1) is 5.82 Å². The molecule has 0 saturated carbocycles.